The first-order chi connectivity index (χ1) is 16.1. The summed E-state index contributed by atoms with van der Waals surface area (Å²) in [5, 5.41) is 0. The number of halogens is 2. The van der Waals surface area contributed by atoms with Crippen molar-refractivity contribution in [2.45, 2.75) is 32.2 Å². The third-order valence-electron chi connectivity index (χ3n) is 7.17. The van der Waals surface area contributed by atoms with E-state index >= 15 is 0 Å². The van der Waals surface area contributed by atoms with Crippen LogP contribution in [0.3, 0.4) is 0 Å². The minimum absolute atomic E-state index is 0.680. The monoisotopic (exact) mass is 531 g/mol. The van der Waals surface area contributed by atoms with Crippen molar-refractivity contribution >= 4 is 20.2 Å². The molecule has 0 spiro atoms. The summed E-state index contributed by atoms with van der Waals surface area (Å²) in [4.78, 5) is 5.23. The molecule has 0 aromatic heterocycles. The third kappa shape index (κ3) is 7.68. The Balaban J connectivity index is 1.47. The summed E-state index contributed by atoms with van der Waals surface area (Å²) in [5.74, 6) is 0.680. The van der Waals surface area contributed by atoms with Gasteiger partial charge >= 0.3 is 214 Å². The number of rotatable bonds is 5. The summed E-state index contributed by atoms with van der Waals surface area (Å²) in [6, 6.07) is 21.8. The first-order valence-corrected chi connectivity index (χ1v) is 16.1. The fourth-order valence-electron chi connectivity index (χ4n) is 5.17. The Morgan fingerprint density at radius 3 is 2.27 bits per heavy atom. The third-order valence-corrected chi connectivity index (χ3v) is 10.7. The summed E-state index contributed by atoms with van der Waals surface area (Å²) < 4.78 is 0.692. The summed E-state index contributed by atoms with van der Waals surface area (Å²) >= 11 is -1.61. The summed E-state index contributed by atoms with van der Waals surface area (Å²) in [5.41, 5.74) is 6.69. The molecule has 0 aliphatic carbocycles. The van der Waals surface area contributed by atoms with E-state index in [0.29, 0.717) is 9.53 Å². The van der Waals surface area contributed by atoms with Crippen molar-refractivity contribution in [3.8, 4) is 0 Å². The van der Waals surface area contributed by atoms with Gasteiger partial charge in [0.05, 0.1) is 0 Å². The van der Waals surface area contributed by atoms with Crippen LogP contribution in [0.2, 0.25) is 0 Å². The molecule has 2 bridgehead atoms. The van der Waals surface area contributed by atoms with Crippen molar-refractivity contribution < 1.29 is 15.9 Å². The second-order valence-corrected chi connectivity index (χ2v) is 13.9. The van der Waals surface area contributed by atoms with Crippen LogP contribution in [0, 0.1) is 5.92 Å². The standard InChI is InChI=1S/C26H38N4.2ClH.Mn/c1-3-8-24(9-4-1)22-25-12-7-15-28-18-19-29(23-26-10-5-2-6-11-26)17-14-27-30(16-13-25)21-20-28;;;/h1-6,8-11,25,27H,7,12-23H2;2*1H;/q;;;+5/p-2. The number of nitrogens with one attached hydrogen (secondary N) is 1. The van der Waals surface area contributed by atoms with Gasteiger partial charge in [-0.3, -0.25) is 0 Å². The van der Waals surface area contributed by atoms with Crippen molar-refractivity contribution in [1.82, 2.24) is 15.2 Å². The average molecular weight is 532 g/mol. The van der Waals surface area contributed by atoms with Crippen LogP contribution in [0.1, 0.15) is 30.4 Å². The van der Waals surface area contributed by atoms with Crippen LogP contribution >= 0.6 is 20.2 Å². The van der Waals surface area contributed by atoms with E-state index in [1.54, 1.807) is 0 Å². The SMILES string of the molecule is [Cl][Mn+2]([Cl])[N+]12CCC(Cc3ccccc3)CCCN(CCN(Cc3ccccc3)CCN1)CC2. The molecule has 0 amide bonds. The van der Waals surface area contributed by atoms with E-state index in [1.807, 2.05) is 0 Å². The molecule has 2 heterocycles. The number of fused-ring (bicyclic) bond motifs is 3. The molecule has 4 nitrogen and oxygen atoms in total. The Hall–Kier alpha value is -0.621. The predicted molar refractivity (Wildman–Crippen MR) is 135 cm³/mol. The van der Waals surface area contributed by atoms with Crippen LogP contribution in [-0.4, -0.2) is 65.8 Å². The molecular weight excluding hydrogens is 494 g/mol. The summed E-state index contributed by atoms with van der Waals surface area (Å²) in [7, 11) is 13.6. The molecule has 3 atom stereocenters. The van der Waals surface area contributed by atoms with Crippen molar-refractivity contribution in [3.05, 3.63) is 71.8 Å². The van der Waals surface area contributed by atoms with Crippen molar-refractivity contribution in [3.63, 3.8) is 0 Å². The van der Waals surface area contributed by atoms with E-state index in [4.69, 9.17) is 20.2 Å². The van der Waals surface area contributed by atoms with Crippen LogP contribution in [0.25, 0.3) is 0 Å². The van der Waals surface area contributed by atoms with Gasteiger partial charge in [-0.15, -0.1) is 0 Å². The fourth-order valence-corrected chi connectivity index (χ4v) is 7.54. The second kappa shape index (κ2) is 12.9. The first kappa shape index (κ1) is 25.5. The molecule has 2 aliphatic heterocycles. The number of hydrogen-bond acceptors (Lipinski definition) is 3. The normalized spacial score (nSPS) is 28.0. The molecular formula is C26H38Cl2MnN4+3. The molecule has 4 rings (SSSR count). The zero-order valence-electron chi connectivity index (χ0n) is 19.5. The molecule has 2 aromatic rings. The van der Waals surface area contributed by atoms with Gasteiger partial charge in [0, 0.05) is 0 Å². The van der Waals surface area contributed by atoms with E-state index < -0.39 is 12.3 Å². The minimum atomic E-state index is -1.61. The molecule has 180 valence electrons. The van der Waals surface area contributed by atoms with E-state index in [9.17, 15) is 0 Å². The molecule has 2 aliphatic rings. The van der Waals surface area contributed by atoms with Gasteiger partial charge in [-0.05, 0) is 0 Å². The van der Waals surface area contributed by atoms with Crippen molar-refractivity contribution in [2.75, 3.05) is 52.4 Å². The maximum atomic E-state index is 6.80. The van der Waals surface area contributed by atoms with Crippen molar-refractivity contribution in [2.24, 2.45) is 5.92 Å². The average Bonchev–Trinajstić information content (AvgIpc) is 2.84. The molecule has 2 fully saturated rings. The van der Waals surface area contributed by atoms with Crippen LogP contribution in [0.4, 0.5) is 0 Å². The number of nitrogens with zero attached hydrogens (tertiary/aromatic N) is 3. The second-order valence-electron chi connectivity index (χ2n) is 9.49. The molecule has 33 heavy (non-hydrogen) atoms. The van der Waals surface area contributed by atoms with Gasteiger partial charge in [-0.1, -0.05) is 0 Å². The van der Waals surface area contributed by atoms with Gasteiger partial charge in [-0.25, -0.2) is 0 Å². The summed E-state index contributed by atoms with van der Waals surface area (Å²) in [6.07, 6.45) is 4.86. The Bertz CT molecular complexity index is 826. The van der Waals surface area contributed by atoms with Crippen LogP contribution in [-0.2, 0) is 25.3 Å². The molecule has 2 saturated heterocycles. The first-order valence-electron chi connectivity index (χ1n) is 12.3. The van der Waals surface area contributed by atoms with Gasteiger partial charge in [-0.2, -0.15) is 0 Å². The number of benzene rings is 2. The molecule has 3 unspecified atom stereocenters. The van der Waals surface area contributed by atoms with Crippen LogP contribution in [0.5, 0.6) is 0 Å². The Morgan fingerprint density at radius 2 is 1.55 bits per heavy atom. The molecule has 1 N–H and O–H groups in total. The molecule has 2 aromatic carbocycles. The van der Waals surface area contributed by atoms with Gasteiger partial charge < -0.3 is 0 Å². The van der Waals surface area contributed by atoms with Crippen LogP contribution < -0.4 is 5.43 Å². The van der Waals surface area contributed by atoms with Gasteiger partial charge in [0.15, 0.2) is 0 Å². The van der Waals surface area contributed by atoms with Gasteiger partial charge in [0.1, 0.15) is 0 Å². The van der Waals surface area contributed by atoms with E-state index in [0.717, 1.165) is 65.3 Å². The van der Waals surface area contributed by atoms with Crippen LogP contribution in [0.15, 0.2) is 60.7 Å². The van der Waals surface area contributed by atoms with E-state index in [1.165, 1.54) is 30.4 Å². The predicted octanol–water partition coefficient (Wildman–Crippen LogP) is 5.01. The Kier molecular flexibility index (Phi) is 9.96. The number of hydrogen-bond donors (Lipinski definition) is 1. The number of quaternary nitrogens is 1. The summed E-state index contributed by atoms with van der Waals surface area (Å²) in [6.45, 7) is 9.39. The van der Waals surface area contributed by atoms with Gasteiger partial charge in [0.25, 0.3) is 0 Å². The van der Waals surface area contributed by atoms with E-state index in [2.05, 4.69) is 75.9 Å². The van der Waals surface area contributed by atoms with Crippen molar-refractivity contribution in [1.29, 1.82) is 0 Å². The molecule has 0 saturated carbocycles. The molecule has 7 heteroatoms. The zero-order valence-corrected chi connectivity index (χ0v) is 22.2. The Labute approximate surface area is 212 Å². The van der Waals surface area contributed by atoms with E-state index in [-0.39, 0.29) is 0 Å². The fraction of sp³-hybridized carbons (Fsp3) is 0.538. The topological polar surface area (TPSA) is 18.5 Å². The quantitative estimate of drug-likeness (QED) is 0.547. The Morgan fingerprint density at radius 1 is 0.818 bits per heavy atom. The maximum absolute atomic E-state index is 6.80. The van der Waals surface area contributed by atoms with Gasteiger partial charge in [0.2, 0.25) is 0 Å². The molecule has 0 radical (unpaired) electrons. The zero-order chi connectivity index (χ0) is 22.9.